The lowest BCUT2D eigenvalue weighted by Crippen LogP contribution is -2.46. The monoisotopic (exact) mass is 257 g/mol. The smallest absolute Gasteiger partial charge is 0.351 e. The molecule has 0 amide bonds. The van der Waals surface area contributed by atoms with E-state index in [1.165, 1.54) is 19.2 Å². The van der Waals surface area contributed by atoms with E-state index in [0.29, 0.717) is 0 Å². The van der Waals surface area contributed by atoms with Crippen molar-refractivity contribution in [2.45, 2.75) is 31.0 Å². The number of aliphatic hydroxyl groups is 3. The molecule has 1 aliphatic heterocycles. The lowest BCUT2D eigenvalue weighted by molar-refractivity contribution is -0.0986. The molecule has 0 saturated carbocycles. The predicted octanol–water partition coefficient (Wildman–Crippen LogP) is -2.17. The Kier molecular flexibility index (Phi) is 3.11. The molecule has 4 atom stereocenters. The second-order valence-corrected chi connectivity index (χ2v) is 4.42. The van der Waals surface area contributed by atoms with Crippen molar-refractivity contribution in [3.8, 4) is 0 Å². The summed E-state index contributed by atoms with van der Waals surface area (Å²) in [4.78, 5) is 15.2. The molecule has 2 heterocycles. The van der Waals surface area contributed by atoms with E-state index in [2.05, 4.69) is 4.98 Å². The van der Waals surface area contributed by atoms with E-state index in [1.807, 2.05) is 0 Å². The molecule has 0 aliphatic carbocycles. The van der Waals surface area contributed by atoms with Gasteiger partial charge in [0.05, 0.1) is 6.61 Å². The first-order chi connectivity index (χ1) is 8.37. The van der Waals surface area contributed by atoms with Gasteiger partial charge in [-0.3, -0.25) is 4.57 Å². The molecule has 2 unspecified atom stereocenters. The number of aromatic nitrogens is 2. The molecule has 5 N–H and O–H groups in total. The molecule has 0 radical (unpaired) electrons. The number of hydrogen-bond acceptors (Lipinski definition) is 7. The van der Waals surface area contributed by atoms with E-state index >= 15 is 0 Å². The van der Waals surface area contributed by atoms with E-state index in [9.17, 15) is 15.0 Å². The van der Waals surface area contributed by atoms with Crippen LogP contribution in [0.15, 0.2) is 17.1 Å². The van der Waals surface area contributed by atoms with Crippen LogP contribution in [-0.4, -0.2) is 49.3 Å². The lowest BCUT2D eigenvalue weighted by Gasteiger charge is -2.27. The number of rotatable bonds is 2. The summed E-state index contributed by atoms with van der Waals surface area (Å²) in [5.41, 5.74) is 2.94. The second kappa shape index (κ2) is 4.32. The van der Waals surface area contributed by atoms with E-state index in [0.717, 1.165) is 4.57 Å². The first-order valence-electron chi connectivity index (χ1n) is 5.39. The topological polar surface area (TPSA) is 131 Å². The summed E-state index contributed by atoms with van der Waals surface area (Å²) < 4.78 is 6.30. The van der Waals surface area contributed by atoms with Gasteiger partial charge >= 0.3 is 5.69 Å². The molecule has 1 aliphatic rings. The second-order valence-electron chi connectivity index (χ2n) is 4.42. The quantitative estimate of drug-likeness (QED) is 0.474. The number of nitrogens with two attached hydrogens (primary N) is 1. The van der Waals surface area contributed by atoms with Crippen molar-refractivity contribution in [2.75, 3.05) is 12.3 Å². The summed E-state index contributed by atoms with van der Waals surface area (Å²) >= 11 is 0. The zero-order valence-corrected chi connectivity index (χ0v) is 9.72. The highest BCUT2D eigenvalue weighted by atomic mass is 16.6. The molecule has 1 fully saturated rings. The summed E-state index contributed by atoms with van der Waals surface area (Å²) in [7, 11) is 0. The van der Waals surface area contributed by atoms with Gasteiger partial charge in [0, 0.05) is 6.20 Å². The maximum atomic E-state index is 11.7. The van der Waals surface area contributed by atoms with Crippen LogP contribution in [0.4, 0.5) is 5.82 Å². The van der Waals surface area contributed by atoms with Gasteiger partial charge in [-0.1, -0.05) is 0 Å². The number of nitrogens with zero attached hydrogens (tertiary/aromatic N) is 2. The average molecular weight is 257 g/mol. The highest BCUT2D eigenvalue weighted by Crippen LogP contribution is 2.37. The summed E-state index contributed by atoms with van der Waals surface area (Å²) in [5.74, 6) is 0.0492. The molecular formula is C10H15N3O5. The zero-order valence-electron chi connectivity index (χ0n) is 9.72. The van der Waals surface area contributed by atoms with E-state index in [-0.39, 0.29) is 5.82 Å². The van der Waals surface area contributed by atoms with Gasteiger partial charge in [0.25, 0.3) is 0 Å². The SMILES string of the molecule is CC1(O)C(O)[C@@H](CO)O[C@@H]1n1ccc(N)nc1=O. The number of nitrogen functional groups attached to an aromatic ring is 1. The summed E-state index contributed by atoms with van der Waals surface area (Å²) in [6.07, 6.45) is -2.09. The first-order valence-corrected chi connectivity index (χ1v) is 5.39. The Morgan fingerprint density at radius 2 is 2.33 bits per heavy atom. The maximum Gasteiger partial charge on any atom is 0.351 e. The Morgan fingerprint density at radius 3 is 2.83 bits per heavy atom. The maximum absolute atomic E-state index is 11.7. The van der Waals surface area contributed by atoms with Crippen molar-refractivity contribution in [3.63, 3.8) is 0 Å². The van der Waals surface area contributed by atoms with Crippen LogP contribution in [0, 0.1) is 0 Å². The van der Waals surface area contributed by atoms with Crippen molar-refractivity contribution < 1.29 is 20.1 Å². The van der Waals surface area contributed by atoms with Gasteiger partial charge in [0.2, 0.25) is 0 Å². The minimum absolute atomic E-state index is 0.0492. The molecule has 100 valence electrons. The fraction of sp³-hybridized carbons (Fsp3) is 0.600. The number of aliphatic hydroxyl groups excluding tert-OH is 2. The third kappa shape index (κ3) is 1.89. The van der Waals surface area contributed by atoms with Crippen molar-refractivity contribution in [1.82, 2.24) is 9.55 Å². The molecule has 1 aromatic heterocycles. The van der Waals surface area contributed by atoms with Gasteiger partial charge in [-0.2, -0.15) is 4.98 Å². The fourth-order valence-corrected chi connectivity index (χ4v) is 1.99. The lowest BCUT2D eigenvalue weighted by atomic mass is 9.96. The van der Waals surface area contributed by atoms with Crippen molar-refractivity contribution in [3.05, 3.63) is 22.7 Å². The van der Waals surface area contributed by atoms with Crippen molar-refractivity contribution in [2.24, 2.45) is 0 Å². The van der Waals surface area contributed by atoms with Crippen LogP contribution in [0.25, 0.3) is 0 Å². The van der Waals surface area contributed by atoms with E-state index in [4.69, 9.17) is 15.6 Å². The third-order valence-corrected chi connectivity index (χ3v) is 3.04. The van der Waals surface area contributed by atoms with Crippen molar-refractivity contribution in [1.29, 1.82) is 0 Å². The molecule has 18 heavy (non-hydrogen) atoms. The van der Waals surface area contributed by atoms with Crippen LogP contribution in [0.3, 0.4) is 0 Å². The van der Waals surface area contributed by atoms with Gasteiger partial charge < -0.3 is 25.8 Å². The highest BCUT2D eigenvalue weighted by molar-refractivity contribution is 5.23. The molecule has 0 bridgehead atoms. The fourth-order valence-electron chi connectivity index (χ4n) is 1.99. The summed E-state index contributed by atoms with van der Waals surface area (Å²) in [6, 6.07) is 1.37. The van der Waals surface area contributed by atoms with Crippen LogP contribution in [0.1, 0.15) is 13.2 Å². The standard InChI is InChI=1S/C10H15N3O5/c1-10(17)7(15)5(4-14)18-8(10)13-3-2-6(11)12-9(13)16/h2-3,5,7-8,14-15,17H,4H2,1H3,(H2,11,12,16)/t5-,7?,8+,10?/m1/s1. The zero-order chi connectivity index (χ0) is 13.5. The Balaban J connectivity index is 2.42. The molecule has 0 aromatic carbocycles. The first kappa shape index (κ1) is 13.0. The molecule has 0 spiro atoms. The van der Waals surface area contributed by atoms with Crippen LogP contribution in [0.2, 0.25) is 0 Å². The minimum atomic E-state index is -1.71. The largest absolute Gasteiger partial charge is 0.394 e. The number of anilines is 1. The van der Waals surface area contributed by atoms with Crippen LogP contribution < -0.4 is 11.4 Å². The number of hydrogen-bond donors (Lipinski definition) is 4. The van der Waals surface area contributed by atoms with Gasteiger partial charge in [-0.15, -0.1) is 0 Å². The molecular weight excluding hydrogens is 242 g/mol. The minimum Gasteiger partial charge on any atom is -0.394 e. The predicted molar refractivity (Wildman–Crippen MR) is 60.5 cm³/mol. The Labute approximate surface area is 102 Å². The van der Waals surface area contributed by atoms with Crippen LogP contribution in [-0.2, 0) is 4.74 Å². The molecule has 8 heteroatoms. The Bertz CT molecular complexity index is 501. The van der Waals surface area contributed by atoms with Crippen LogP contribution in [0.5, 0.6) is 0 Å². The van der Waals surface area contributed by atoms with E-state index in [1.54, 1.807) is 0 Å². The van der Waals surface area contributed by atoms with E-state index < -0.39 is 36.3 Å². The molecule has 1 aromatic rings. The van der Waals surface area contributed by atoms with Gasteiger partial charge in [0.1, 0.15) is 23.6 Å². The van der Waals surface area contributed by atoms with Crippen LogP contribution >= 0.6 is 0 Å². The molecule has 1 saturated heterocycles. The van der Waals surface area contributed by atoms with Crippen molar-refractivity contribution >= 4 is 5.82 Å². The Morgan fingerprint density at radius 1 is 1.67 bits per heavy atom. The van der Waals surface area contributed by atoms with Gasteiger partial charge in [-0.05, 0) is 13.0 Å². The summed E-state index contributed by atoms with van der Waals surface area (Å²) in [5, 5.41) is 29.0. The van der Waals surface area contributed by atoms with Gasteiger partial charge in [0.15, 0.2) is 6.23 Å². The number of ether oxygens (including phenoxy) is 1. The molecule has 2 rings (SSSR count). The van der Waals surface area contributed by atoms with Gasteiger partial charge in [-0.25, -0.2) is 4.79 Å². The average Bonchev–Trinajstić information content (AvgIpc) is 2.52. The molecule has 8 nitrogen and oxygen atoms in total. The summed E-state index contributed by atoms with van der Waals surface area (Å²) in [6.45, 7) is 0.853. The third-order valence-electron chi connectivity index (χ3n) is 3.04. The Hall–Kier alpha value is -1.48. The normalized spacial score (nSPS) is 35.9. The highest BCUT2D eigenvalue weighted by Gasteiger charge is 2.53.